The molecule has 0 saturated heterocycles. The van der Waals surface area contributed by atoms with Crippen molar-refractivity contribution in [3.05, 3.63) is 35.4 Å². The summed E-state index contributed by atoms with van der Waals surface area (Å²) < 4.78 is 0. The predicted octanol–water partition coefficient (Wildman–Crippen LogP) is 1.23. The van der Waals surface area contributed by atoms with E-state index in [1.165, 1.54) is 11.1 Å². The van der Waals surface area contributed by atoms with E-state index in [9.17, 15) is 4.79 Å². The molecule has 0 aromatic heterocycles. The SMILES string of the molecule is CCCC(C1[B]B(N)Cc2ccccc21)N(C)C=O. The number of likely N-dealkylation sites (N-methyl/N-ethyl adjacent to an activating group) is 1. The van der Waals surface area contributed by atoms with Gasteiger partial charge in [0.25, 0.3) is 0 Å². The van der Waals surface area contributed by atoms with Crippen LogP contribution in [0, 0.1) is 0 Å². The number of fused-ring (bicyclic) bond motifs is 1. The molecule has 0 saturated carbocycles. The Hall–Kier alpha value is -1.22. The van der Waals surface area contributed by atoms with Gasteiger partial charge in [-0.15, -0.1) is 0 Å². The maximum Gasteiger partial charge on any atom is 0.209 e. The van der Waals surface area contributed by atoms with Crippen LogP contribution in [0.3, 0.4) is 0 Å². The lowest BCUT2D eigenvalue weighted by molar-refractivity contribution is -0.119. The highest BCUT2D eigenvalue weighted by atomic mass is 16.1. The number of carbonyl (C=O) groups is 1. The molecule has 19 heavy (non-hydrogen) atoms. The van der Waals surface area contributed by atoms with E-state index in [1.54, 1.807) is 4.90 Å². The zero-order valence-corrected chi connectivity index (χ0v) is 11.8. The summed E-state index contributed by atoms with van der Waals surface area (Å²) in [6.45, 7) is 2.24. The van der Waals surface area contributed by atoms with Gasteiger partial charge in [0, 0.05) is 13.1 Å². The molecule has 1 aliphatic rings. The number of amides is 1. The summed E-state index contributed by atoms with van der Waals surface area (Å²) in [5, 5.41) is 0. The van der Waals surface area contributed by atoms with Gasteiger partial charge in [0.15, 0.2) is 6.74 Å². The van der Waals surface area contributed by atoms with E-state index < -0.39 is 0 Å². The second-order valence-electron chi connectivity index (χ2n) is 5.41. The van der Waals surface area contributed by atoms with Gasteiger partial charge in [0.1, 0.15) is 7.17 Å². The van der Waals surface area contributed by atoms with Crippen LogP contribution < -0.4 is 5.64 Å². The van der Waals surface area contributed by atoms with E-state index in [-0.39, 0.29) is 18.6 Å². The normalized spacial score (nSPS) is 19.3. The summed E-state index contributed by atoms with van der Waals surface area (Å²) in [6.07, 6.45) is 3.88. The number of benzene rings is 1. The van der Waals surface area contributed by atoms with Crippen molar-refractivity contribution < 1.29 is 4.79 Å². The maximum atomic E-state index is 11.1. The number of nitrogens with two attached hydrogens (primary N) is 1. The van der Waals surface area contributed by atoms with Crippen LogP contribution in [0.4, 0.5) is 0 Å². The Labute approximate surface area is 116 Å². The van der Waals surface area contributed by atoms with Crippen LogP contribution in [0.15, 0.2) is 24.3 Å². The summed E-state index contributed by atoms with van der Waals surface area (Å²) in [5.74, 6) is 0.245. The number of rotatable bonds is 5. The van der Waals surface area contributed by atoms with Crippen molar-refractivity contribution in [1.29, 1.82) is 0 Å². The van der Waals surface area contributed by atoms with Crippen molar-refractivity contribution >= 4 is 20.3 Å². The van der Waals surface area contributed by atoms with Crippen LogP contribution in [0.5, 0.6) is 0 Å². The van der Waals surface area contributed by atoms with Crippen molar-refractivity contribution in [3.8, 4) is 0 Å². The zero-order chi connectivity index (χ0) is 13.8. The van der Waals surface area contributed by atoms with E-state index >= 15 is 0 Å². The Morgan fingerprint density at radius 3 is 3.00 bits per heavy atom. The molecule has 2 unspecified atom stereocenters. The van der Waals surface area contributed by atoms with Crippen molar-refractivity contribution in [2.75, 3.05) is 7.05 Å². The number of hydrogen-bond donors (Lipinski definition) is 1. The first-order chi connectivity index (χ1) is 9.17. The monoisotopic (exact) mass is 255 g/mol. The molecular formula is C14H21B2N2O. The van der Waals surface area contributed by atoms with Gasteiger partial charge in [-0.25, -0.2) is 0 Å². The summed E-state index contributed by atoms with van der Waals surface area (Å²) in [5.41, 5.74) is 8.81. The van der Waals surface area contributed by atoms with Crippen LogP contribution in [0.1, 0.15) is 36.7 Å². The lowest BCUT2D eigenvalue weighted by Crippen LogP contribution is -2.50. The van der Waals surface area contributed by atoms with E-state index in [2.05, 4.69) is 38.4 Å². The molecule has 1 radical (unpaired) electrons. The minimum atomic E-state index is 0.0827. The average Bonchev–Trinajstić information content (AvgIpc) is 2.43. The molecular weight excluding hydrogens is 234 g/mol. The van der Waals surface area contributed by atoms with Gasteiger partial charge >= 0.3 is 0 Å². The molecule has 1 amide bonds. The van der Waals surface area contributed by atoms with Gasteiger partial charge in [-0.2, -0.15) is 0 Å². The van der Waals surface area contributed by atoms with E-state index in [0.717, 1.165) is 25.6 Å². The second kappa shape index (κ2) is 6.29. The first-order valence-corrected chi connectivity index (χ1v) is 7.03. The van der Waals surface area contributed by atoms with Gasteiger partial charge in [0.05, 0.1) is 0 Å². The first kappa shape index (κ1) is 14.2. The van der Waals surface area contributed by atoms with Crippen LogP contribution in [0.25, 0.3) is 0 Å². The molecule has 1 aromatic rings. The molecule has 1 aromatic carbocycles. The molecule has 0 bridgehead atoms. The second-order valence-corrected chi connectivity index (χ2v) is 5.41. The largest absolute Gasteiger partial charge is 0.376 e. The first-order valence-electron chi connectivity index (χ1n) is 7.03. The highest BCUT2D eigenvalue weighted by Crippen LogP contribution is 2.31. The third-order valence-corrected chi connectivity index (χ3v) is 4.01. The Kier molecular flexibility index (Phi) is 4.70. The Bertz CT molecular complexity index is 441. The van der Waals surface area contributed by atoms with Crippen LogP contribution in [-0.4, -0.2) is 38.3 Å². The van der Waals surface area contributed by atoms with Crippen LogP contribution in [0.2, 0.25) is 0 Å². The molecule has 2 N–H and O–H groups in total. The third-order valence-electron chi connectivity index (χ3n) is 4.01. The van der Waals surface area contributed by atoms with Gasteiger partial charge in [-0.3, -0.25) is 4.79 Å². The van der Waals surface area contributed by atoms with Crippen molar-refractivity contribution in [1.82, 2.24) is 4.90 Å². The van der Waals surface area contributed by atoms with Gasteiger partial charge in [-0.05, 0) is 24.1 Å². The third kappa shape index (κ3) is 3.03. The molecule has 3 nitrogen and oxygen atoms in total. The Morgan fingerprint density at radius 1 is 1.58 bits per heavy atom. The molecule has 99 valence electrons. The molecule has 0 fully saturated rings. The van der Waals surface area contributed by atoms with E-state index in [1.807, 2.05) is 7.05 Å². The Balaban J connectivity index is 2.34. The number of hydrogen-bond acceptors (Lipinski definition) is 2. The van der Waals surface area contributed by atoms with E-state index in [4.69, 9.17) is 5.64 Å². The molecule has 0 spiro atoms. The van der Waals surface area contributed by atoms with Crippen molar-refractivity contribution in [3.63, 3.8) is 0 Å². The fraction of sp³-hybridized carbons (Fsp3) is 0.500. The number of nitrogens with zero attached hydrogens (tertiary/aromatic N) is 1. The van der Waals surface area contributed by atoms with Crippen LogP contribution in [-0.2, 0) is 11.1 Å². The topological polar surface area (TPSA) is 46.3 Å². The predicted molar refractivity (Wildman–Crippen MR) is 81.1 cm³/mol. The summed E-state index contributed by atoms with van der Waals surface area (Å²) in [7, 11) is 4.08. The lowest BCUT2D eigenvalue weighted by atomic mass is 9.20. The summed E-state index contributed by atoms with van der Waals surface area (Å²) >= 11 is 0. The minimum Gasteiger partial charge on any atom is -0.376 e. The smallest absolute Gasteiger partial charge is 0.209 e. The molecule has 5 heteroatoms. The van der Waals surface area contributed by atoms with E-state index in [0.29, 0.717) is 0 Å². The maximum absolute atomic E-state index is 11.1. The Morgan fingerprint density at radius 2 is 2.32 bits per heavy atom. The minimum absolute atomic E-state index is 0.0827. The highest BCUT2D eigenvalue weighted by molar-refractivity contribution is 7.11. The van der Waals surface area contributed by atoms with Crippen LogP contribution >= 0.6 is 0 Å². The highest BCUT2D eigenvalue weighted by Gasteiger charge is 2.34. The standard InChI is InChI=1S/C14H21B2N2O/c1-3-6-13(18(2)10-19)14-12-8-5-4-7-11(12)9-16(17)15-14/h4-5,7-8,10,13-14H,3,6,9,17H2,1-2H3. The lowest BCUT2D eigenvalue weighted by Gasteiger charge is -2.37. The van der Waals surface area contributed by atoms with Crippen molar-refractivity contribution in [2.45, 2.75) is 37.9 Å². The fourth-order valence-corrected chi connectivity index (χ4v) is 3.08. The quantitative estimate of drug-likeness (QED) is 0.635. The molecule has 2 atom stereocenters. The molecule has 0 aliphatic carbocycles. The van der Waals surface area contributed by atoms with Gasteiger partial charge in [0.2, 0.25) is 6.41 Å². The summed E-state index contributed by atoms with van der Waals surface area (Å²) in [6, 6.07) is 8.66. The molecule has 2 rings (SSSR count). The van der Waals surface area contributed by atoms with Crippen molar-refractivity contribution in [2.24, 2.45) is 5.64 Å². The van der Waals surface area contributed by atoms with Gasteiger partial charge in [-0.1, -0.05) is 43.2 Å². The fourth-order valence-electron chi connectivity index (χ4n) is 3.08. The van der Waals surface area contributed by atoms with Gasteiger partial charge < -0.3 is 10.5 Å². The number of carbonyl (C=O) groups excluding carboxylic acids is 1. The summed E-state index contributed by atoms with van der Waals surface area (Å²) in [4.78, 5) is 12.9. The zero-order valence-electron chi connectivity index (χ0n) is 11.8. The molecule has 1 heterocycles. The average molecular weight is 255 g/mol. The molecule has 1 aliphatic heterocycles.